The fourth-order valence-corrected chi connectivity index (χ4v) is 1.51. The maximum atomic E-state index is 11.0. The lowest BCUT2D eigenvalue weighted by Crippen LogP contribution is -2.24. The van der Waals surface area contributed by atoms with Crippen molar-refractivity contribution in [2.24, 2.45) is 0 Å². The Hall–Kier alpha value is -1.66. The first-order valence-corrected chi connectivity index (χ1v) is 6.64. The zero-order chi connectivity index (χ0) is 15.0. The van der Waals surface area contributed by atoms with Gasteiger partial charge >= 0.3 is 5.97 Å². The summed E-state index contributed by atoms with van der Waals surface area (Å²) < 4.78 is 10.6. The van der Waals surface area contributed by atoms with Gasteiger partial charge in [-0.2, -0.15) is 0 Å². The van der Waals surface area contributed by atoms with E-state index in [2.05, 4.69) is 11.9 Å². The van der Waals surface area contributed by atoms with Crippen LogP contribution in [0.5, 0.6) is 5.75 Å². The second-order valence-electron chi connectivity index (χ2n) is 4.50. The van der Waals surface area contributed by atoms with Crippen LogP contribution >= 0.6 is 0 Å². The summed E-state index contributed by atoms with van der Waals surface area (Å²) in [5.41, 5.74) is 0.447. The molecule has 0 aliphatic carbocycles. The van der Waals surface area contributed by atoms with Crippen LogP contribution in [-0.4, -0.2) is 47.1 Å². The van der Waals surface area contributed by atoms with Gasteiger partial charge in [0.1, 0.15) is 12.7 Å². The molecule has 0 radical (unpaired) electrons. The number of carboxylic acid groups (broad SMARTS) is 1. The van der Waals surface area contributed by atoms with E-state index in [9.17, 15) is 9.90 Å². The molecule has 0 fully saturated rings. The molecule has 0 aliphatic heterocycles. The van der Waals surface area contributed by atoms with E-state index >= 15 is 0 Å². The number of nitrogens with zero attached hydrogens (tertiary/aromatic N) is 1. The largest absolute Gasteiger partial charge is 0.488 e. The molecule has 112 valence electrons. The summed E-state index contributed by atoms with van der Waals surface area (Å²) in [6.45, 7) is 4.49. The number of aliphatic hydroxyl groups excluding tert-OH is 1. The number of unbranched alkanes of at least 4 members (excludes halogenated alkanes) is 1. The first kappa shape index (κ1) is 16.4. The second kappa shape index (κ2) is 8.50. The van der Waals surface area contributed by atoms with Crippen molar-refractivity contribution in [1.82, 2.24) is 4.98 Å². The SMILES string of the molecule is CCCCOCC(O)COc1ccc(C)nc1C(=O)O. The van der Waals surface area contributed by atoms with E-state index < -0.39 is 12.1 Å². The maximum Gasteiger partial charge on any atom is 0.358 e. The minimum Gasteiger partial charge on any atom is -0.488 e. The van der Waals surface area contributed by atoms with E-state index in [1.807, 2.05) is 0 Å². The molecule has 1 heterocycles. The molecule has 0 aliphatic rings. The summed E-state index contributed by atoms with van der Waals surface area (Å²) in [5.74, 6) is -1.01. The number of carbonyl (C=O) groups is 1. The third kappa shape index (κ3) is 5.54. The number of pyridine rings is 1. The van der Waals surface area contributed by atoms with Crippen molar-refractivity contribution in [3.63, 3.8) is 0 Å². The van der Waals surface area contributed by atoms with Crippen molar-refractivity contribution in [3.8, 4) is 5.75 Å². The highest BCUT2D eigenvalue weighted by atomic mass is 16.5. The predicted octanol–water partition coefficient (Wildman–Crippen LogP) is 1.64. The van der Waals surface area contributed by atoms with Crippen LogP contribution in [0.4, 0.5) is 0 Å². The number of aliphatic hydroxyl groups is 1. The van der Waals surface area contributed by atoms with Gasteiger partial charge in [0.25, 0.3) is 0 Å². The number of aromatic carboxylic acids is 1. The summed E-state index contributed by atoms with van der Waals surface area (Å²) in [4.78, 5) is 14.9. The van der Waals surface area contributed by atoms with Crippen molar-refractivity contribution in [1.29, 1.82) is 0 Å². The molecule has 6 heteroatoms. The van der Waals surface area contributed by atoms with Gasteiger partial charge < -0.3 is 19.7 Å². The van der Waals surface area contributed by atoms with Crippen molar-refractivity contribution in [3.05, 3.63) is 23.5 Å². The topological polar surface area (TPSA) is 88.9 Å². The number of rotatable bonds is 9. The van der Waals surface area contributed by atoms with Gasteiger partial charge in [-0.3, -0.25) is 0 Å². The zero-order valence-corrected chi connectivity index (χ0v) is 11.8. The molecule has 1 atom stereocenters. The molecular weight excluding hydrogens is 262 g/mol. The summed E-state index contributed by atoms with van der Waals surface area (Å²) in [5, 5.41) is 18.7. The highest BCUT2D eigenvalue weighted by molar-refractivity contribution is 5.88. The third-order valence-electron chi connectivity index (χ3n) is 2.58. The Morgan fingerprint density at radius 2 is 2.15 bits per heavy atom. The lowest BCUT2D eigenvalue weighted by atomic mass is 10.3. The Kier molecular flexibility index (Phi) is 6.97. The molecule has 0 spiro atoms. The number of carboxylic acids is 1. The predicted molar refractivity (Wildman–Crippen MR) is 73.2 cm³/mol. The highest BCUT2D eigenvalue weighted by Crippen LogP contribution is 2.17. The highest BCUT2D eigenvalue weighted by Gasteiger charge is 2.15. The Labute approximate surface area is 118 Å². The molecule has 0 aromatic carbocycles. The standard InChI is InChI=1S/C14H21NO5/c1-3-4-7-19-8-11(16)9-20-12-6-5-10(2)15-13(12)14(17)18/h5-6,11,16H,3-4,7-9H2,1-2H3,(H,17,18). The third-order valence-corrected chi connectivity index (χ3v) is 2.58. The van der Waals surface area contributed by atoms with Gasteiger partial charge in [0.05, 0.1) is 6.61 Å². The lowest BCUT2D eigenvalue weighted by molar-refractivity contribution is 0.0109. The van der Waals surface area contributed by atoms with Gasteiger partial charge in [0, 0.05) is 12.3 Å². The molecule has 0 saturated heterocycles. The fourth-order valence-electron chi connectivity index (χ4n) is 1.51. The second-order valence-corrected chi connectivity index (χ2v) is 4.50. The monoisotopic (exact) mass is 283 g/mol. The Balaban J connectivity index is 2.46. The minimum absolute atomic E-state index is 0.0306. The number of hydrogen-bond acceptors (Lipinski definition) is 5. The summed E-state index contributed by atoms with van der Waals surface area (Å²) >= 11 is 0. The quantitative estimate of drug-likeness (QED) is 0.670. The molecule has 1 aromatic heterocycles. The molecular formula is C14H21NO5. The van der Waals surface area contributed by atoms with E-state index in [0.29, 0.717) is 12.3 Å². The van der Waals surface area contributed by atoms with Crippen LogP contribution in [0.3, 0.4) is 0 Å². The van der Waals surface area contributed by atoms with E-state index in [1.165, 1.54) is 6.07 Å². The Bertz CT molecular complexity index is 436. The summed E-state index contributed by atoms with van der Waals surface area (Å²) in [7, 11) is 0. The van der Waals surface area contributed by atoms with Gasteiger partial charge in [-0.1, -0.05) is 13.3 Å². The van der Waals surface area contributed by atoms with E-state index in [-0.39, 0.29) is 24.7 Å². The normalized spacial score (nSPS) is 12.2. The summed E-state index contributed by atoms with van der Waals surface area (Å²) in [6.07, 6.45) is 1.18. The molecule has 1 rings (SSSR count). The van der Waals surface area contributed by atoms with Gasteiger partial charge in [-0.05, 0) is 25.5 Å². The van der Waals surface area contributed by atoms with Gasteiger partial charge in [-0.25, -0.2) is 9.78 Å². The zero-order valence-electron chi connectivity index (χ0n) is 11.8. The maximum absolute atomic E-state index is 11.0. The molecule has 2 N–H and O–H groups in total. The van der Waals surface area contributed by atoms with Crippen molar-refractivity contribution in [2.45, 2.75) is 32.8 Å². The van der Waals surface area contributed by atoms with Crippen LogP contribution in [0.15, 0.2) is 12.1 Å². The average Bonchev–Trinajstić information content (AvgIpc) is 2.42. The fraction of sp³-hybridized carbons (Fsp3) is 0.571. The molecule has 0 amide bonds. The molecule has 0 bridgehead atoms. The van der Waals surface area contributed by atoms with Crippen molar-refractivity contribution < 1.29 is 24.5 Å². The number of ether oxygens (including phenoxy) is 2. The van der Waals surface area contributed by atoms with Crippen LogP contribution in [-0.2, 0) is 4.74 Å². The van der Waals surface area contributed by atoms with Gasteiger partial charge in [0.2, 0.25) is 0 Å². The number of hydrogen-bond donors (Lipinski definition) is 2. The Morgan fingerprint density at radius 1 is 1.40 bits per heavy atom. The number of aromatic nitrogens is 1. The van der Waals surface area contributed by atoms with Crippen LogP contribution in [0.25, 0.3) is 0 Å². The average molecular weight is 283 g/mol. The van der Waals surface area contributed by atoms with E-state index in [0.717, 1.165) is 12.8 Å². The summed E-state index contributed by atoms with van der Waals surface area (Å²) in [6, 6.07) is 3.20. The van der Waals surface area contributed by atoms with Crippen molar-refractivity contribution in [2.75, 3.05) is 19.8 Å². The molecule has 1 aromatic rings. The minimum atomic E-state index is -1.16. The molecule has 0 saturated carbocycles. The van der Waals surface area contributed by atoms with Crippen LogP contribution in [0.1, 0.15) is 35.9 Å². The molecule has 6 nitrogen and oxygen atoms in total. The smallest absolute Gasteiger partial charge is 0.358 e. The van der Waals surface area contributed by atoms with E-state index in [4.69, 9.17) is 14.6 Å². The van der Waals surface area contributed by atoms with Crippen LogP contribution in [0.2, 0.25) is 0 Å². The first-order chi connectivity index (χ1) is 9.54. The van der Waals surface area contributed by atoms with Crippen molar-refractivity contribution >= 4 is 5.97 Å². The van der Waals surface area contributed by atoms with Gasteiger partial charge in [0.15, 0.2) is 11.4 Å². The lowest BCUT2D eigenvalue weighted by Gasteiger charge is -2.14. The van der Waals surface area contributed by atoms with Gasteiger partial charge in [-0.15, -0.1) is 0 Å². The Morgan fingerprint density at radius 3 is 2.80 bits per heavy atom. The van der Waals surface area contributed by atoms with E-state index in [1.54, 1.807) is 13.0 Å². The first-order valence-electron chi connectivity index (χ1n) is 6.64. The molecule has 1 unspecified atom stereocenters. The van der Waals surface area contributed by atoms with Crippen LogP contribution in [0, 0.1) is 6.92 Å². The van der Waals surface area contributed by atoms with Crippen LogP contribution < -0.4 is 4.74 Å². The number of aryl methyl sites for hydroxylation is 1. The molecule has 20 heavy (non-hydrogen) atoms.